The van der Waals surface area contributed by atoms with E-state index in [1.807, 2.05) is 30.3 Å². The summed E-state index contributed by atoms with van der Waals surface area (Å²) >= 11 is 0. The van der Waals surface area contributed by atoms with Gasteiger partial charge in [0.15, 0.2) is 5.69 Å². The normalized spacial score (nSPS) is 17.2. The van der Waals surface area contributed by atoms with Crippen LogP contribution in [-0.2, 0) is 0 Å². The standard InChI is InChI=1S/C14H17N5O.ClH/c20-14(16-9-11-6-7-15-8-11)13-10-17-19(18-13)12-4-2-1-3-5-12;/h1-5,10-11,15H,6-9H2,(H,16,20);1H. The molecule has 1 fully saturated rings. The molecule has 112 valence electrons. The highest BCUT2D eigenvalue weighted by Gasteiger charge is 2.17. The minimum Gasteiger partial charge on any atom is -0.350 e. The molecule has 0 spiro atoms. The number of hydrogen-bond acceptors (Lipinski definition) is 4. The summed E-state index contributed by atoms with van der Waals surface area (Å²) in [7, 11) is 0. The van der Waals surface area contributed by atoms with Crippen molar-refractivity contribution >= 4 is 18.3 Å². The molecular formula is C14H18ClN5O. The van der Waals surface area contributed by atoms with Crippen LogP contribution in [0.3, 0.4) is 0 Å². The Labute approximate surface area is 129 Å². The Kier molecular flexibility index (Phi) is 5.30. The SMILES string of the molecule is Cl.O=C(NCC1CCNC1)c1cnn(-c2ccccc2)n1. The van der Waals surface area contributed by atoms with Crippen LogP contribution >= 0.6 is 12.4 Å². The minimum atomic E-state index is -0.168. The fourth-order valence-electron chi connectivity index (χ4n) is 2.27. The summed E-state index contributed by atoms with van der Waals surface area (Å²) in [5.41, 5.74) is 1.19. The molecule has 0 saturated carbocycles. The maximum Gasteiger partial charge on any atom is 0.273 e. The molecule has 1 aliphatic heterocycles. The van der Waals surface area contributed by atoms with Crippen LogP contribution in [-0.4, -0.2) is 40.5 Å². The number of carbonyl (C=O) groups excluding carboxylic acids is 1. The van der Waals surface area contributed by atoms with Crippen LogP contribution in [0, 0.1) is 5.92 Å². The zero-order chi connectivity index (χ0) is 13.8. The van der Waals surface area contributed by atoms with E-state index in [4.69, 9.17) is 0 Å². The first kappa shape index (κ1) is 15.5. The Morgan fingerprint density at radius 3 is 2.90 bits per heavy atom. The second-order valence-corrected chi connectivity index (χ2v) is 4.92. The summed E-state index contributed by atoms with van der Waals surface area (Å²) in [5, 5.41) is 14.5. The Morgan fingerprint density at radius 1 is 1.38 bits per heavy atom. The maximum atomic E-state index is 12.0. The van der Waals surface area contributed by atoms with Crippen LogP contribution in [0.2, 0.25) is 0 Å². The predicted molar refractivity (Wildman–Crippen MR) is 81.9 cm³/mol. The summed E-state index contributed by atoms with van der Waals surface area (Å²) in [6.07, 6.45) is 2.60. The lowest BCUT2D eigenvalue weighted by Gasteiger charge is -2.08. The highest BCUT2D eigenvalue weighted by molar-refractivity contribution is 5.91. The zero-order valence-electron chi connectivity index (χ0n) is 11.5. The molecule has 3 rings (SSSR count). The molecule has 2 aromatic rings. The van der Waals surface area contributed by atoms with Gasteiger partial charge in [0.25, 0.3) is 5.91 Å². The summed E-state index contributed by atoms with van der Waals surface area (Å²) in [6.45, 7) is 2.69. The fraction of sp³-hybridized carbons (Fsp3) is 0.357. The van der Waals surface area contributed by atoms with E-state index in [0.717, 1.165) is 25.2 Å². The van der Waals surface area contributed by atoms with Gasteiger partial charge >= 0.3 is 0 Å². The van der Waals surface area contributed by atoms with Gasteiger partial charge in [0.05, 0.1) is 11.9 Å². The number of para-hydroxylation sites is 1. The lowest BCUT2D eigenvalue weighted by molar-refractivity contribution is 0.0943. The van der Waals surface area contributed by atoms with Crippen molar-refractivity contribution in [2.24, 2.45) is 5.92 Å². The van der Waals surface area contributed by atoms with Crippen molar-refractivity contribution < 1.29 is 4.79 Å². The third kappa shape index (κ3) is 3.80. The second kappa shape index (κ2) is 7.19. The lowest BCUT2D eigenvalue weighted by atomic mass is 10.1. The summed E-state index contributed by atoms with van der Waals surface area (Å²) < 4.78 is 0. The molecule has 1 amide bonds. The number of amides is 1. The Hall–Kier alpha value is -1.92. The van der Waals surface area contributed by atoms with E-state index in [2.05, 4.69) is 20.8 Å². The monoisotopic (exact) mass is 307 g/mol. The average Bonchev–Trinajstić information content (AvgIpc) is 3.17. The average molecular weight is 308 g/mol. The van der Waals surface area contributed by atoms with Gasteiger partial charge in [-0.25, -0.2) is 0 Å². The predicted octanol–water partition coefficient (Wildman–Crippen LogP) is 1.03. The molecule has 1 aromatic carbocycles. The van der Waals surface area contributed by atoms with E-state index >= 15 is 0 Å². The molecule has 1 atom stereocenters. The van der Waals surface area contributed by atoms with Crippen molar-refractivity contribution in [3.05, 3.63) is 42.2 Å². The molecule has 0 bridgehead atoms. The first-order valence-electron chi connectivity index (χ1n) is 6.79. The zero-order valence-corrected chi connectivity index (χ0v) is 12.3. The van der Waals surface area contributed by atoms with Gasteiger partial charge in [0, 0.05) is 6.54 Å². The van der Waals surface area contributed by atoms with Crippen molar-refractivity contribution in [2.75, 3.05) is 19.6 Å². The number of aromatic nitrogens is 3. The second-order valence-electron chi connectivity index (χ2n) is 4.92. The van der Waals surface area contributed by atoms with E-state index in [9.17, 15) is 4.79 Å². The van der Waals surface area contributed by atoms with Gasteiger partial charge in [0.1, 0.15) is 0 Å². The molecule has 1 saturated heterocycles. The number of hydrogen-bond donors (Lipinski definition) is 2. The number of nitrogens with one attached hydrogen (secondary N) is 2. The highest BCUT2D eigenvalue weighted by Crippen LogP contribution is 2.07. The molecule has 0 radical (unpaired) electrons. The van der Waals surface area contributed by atoms with Gasteiger partial charge < -0.3 is 10.6 Å². The third-order valence-electron chi connectivity index (χ3n) is 3.43. The number of halogens is 1. The van der Waals surface area contributed by atoms with Crippen molar-refractivity contribution in [3.63, 3.8) is 0 Å². The highest BCUT2D eigenvalue weighted by atomic mass is 35.5. The van der Waals surface area contributed by atoms with Gasteiger partial charge in [-0.1, -0.05) is 18.2 Å². The maximum absolute atomic E-state index is 12.0. The van der Waals surface area contributed by atoms with Crippen molar-refractivity contribution in [2.45, 2.75) is 6.42 Å². The van der Waals surface area contributed by atoms with Crippen LogP contribution in [0.5, 0.6) is 0 Å². The number of benzene rings is 1. The van der Waals surface area contributed by atoms with Crippen molar-refractivity contribution in [3.8, 4) is 5.69 Å². The van der Waals surface area contributed by atoms with Crippen molar-refractivity contribution in [1.82, 2.24) is 25.6 Å². The summed E-state index contributed by atoms with van der Waals surface area (Å²) in [5.74, 6) is 0.349. The van der Waals surface area contributed by atoms with Crippen LogP contribution in [0.1, 0.15) is 16.9 Å². The smallest absolute Gasteiger partial charge is 0.273 e. The van der Waals surface area contributed by atoms with E-state index < -0.39 is 0 Å². The fourth-order valence-corrected chi connectivity index (χ4v) is 2.27. The summed E-state index contributed by atoms with van der Waals surface area (Å²) in [6, 6.07) is 9.53. The summed E-state index contributed by atoms with van der Waals surface area (Å²) in [4.78, 5) is 13.5. The molecule has 1 unspecified atom stereocenters. The van der Waals surface area contributed by atoms with Crippen molar-refractivity contribution in [1.29, 1.82) is 0 Å². The van der Waals surface area contributed by atoms with Gasteiger partial charge in [-0.3, -0.25) is 4.79 Å². The quantitative estimate of drug-likeness (QED) is 0.885. The van der Waals surface area contributed by atoms with Crippen LogP contribution in [0.15, 0.2) is 36.5 Å². The van der Waals surface area contributed by atoms with Gasteiger partial charge in [0.2, 0.25) is 0 Å². The topological polar surface area (TPSA) is 71.8 Å². The molecule has 21 heavy (non-hydrogen) atoms. The van der Waals surface area contributed by atoms with Gasteiger partial charge in [-0.05, 0) is 37.6 Å². The number of nitrogens with zero attached hydrogens (tertiary/aromatic N) is 3. The molecule has 1 aliphatic rings. The number of rotatable bonds is 4. The van der Waals surface area contributed by atoms with E-state index in [1.54, 1.807) is 0 Å². The Bertz CT molecular complexity index is 580. The molecule has 2 N–H and O–H groups in total. The molecular weight excluding hydrogens is 290 g/mol. The largest absolute Gasteiger partial charge is 0.350 e. The molecule has 2 heterocycles. The van der Waals surface area contributed by atoms with E-state index in [0.29, 0.717) is 18.2 Å². The van der Waals surface area contributed by atoms with Gasteiger partial charge in [-0.2, -0.15) is 9.90 Å². The lowest BCUT2D eigenvalue weighted by Crippen LogP contribution is -2.30. The first-order chi connectivity index (χ1) is 9.83. The van der Waals surface area contributed by atoms with Crippen LogP contribution in [0.4, 0.5) is 0 Å². The Balaban J connectivity index is 0.00000161. The first-order valence-corrected chi connectivity index (χ1v) is 6.79. The Morgan fingerprint density at radius 2 is 2.19 bits per heavy atom. The minimum absolute atomic E-state index is 0. The van der Waals surface area contributed by atoms with Crippen LogP contribution in [0.25, 0.3) is 5.69 Å². The molecule has 0 aliphatic carbocycles. The number of carbonyl (C=O) groups is 1. The molecule has 1 aromatic heterocycles. The van der Waals surface area contributed by atoms with E-state index in [-0.39, 0.29) is 18.3 Å². The van der Waals surface area contributed by atoms with E-state index in [1.165, 1.54) is 11.0 Å². The third-order valence-corrected chi connectivity index (χ3v) is 3.43. The van der Waals surface area contributed by atoms with Crippen LogP contribution < -0.4 is 10.6 Å². The molecule has 7 heteroatoms. The van der Waals surface area contributed by atoms with Gasteiger partial charge in [-0.15, -0.1) is 17.5 Å². The molecule has 6 nitrogen and oxygen atoms in total.